The summed E-state index contributed by atoms with van der Waals surface area (Å²) in [5, 5.41) is 4.43. The highest BCUT2D eigenvalue weighted by Gasteiger charge is 2.38. The number of carbonyl (C=O) groups is 1. The smallest absolute Gasteiger partial charge is 0.338 e. The molecule has 0 bridgehead atoms. The third kappa shape index (κ3) is 3.12. The minimum absolute atomic E-state index is 0.234. The number of rotatable bonds is 4. The predicted octanol–water partition coefficient (Wildman–Crippen LogP) is 5.73. The second-order valence-corrected chi connectivity index (χ2v) is 7.40. The maximum absolute atomic E-state index is 12.2. The van der Waals surface area contributed by atoms with Crippen molar-refractivity contribution in [2.75, 3.05) is 11.9 Å². The molecule has 26 heavy (non-hydrogen) atoms. The molecule has 134 valence electrons. The first-order valence-electron chi connectivity index (χ1n) is 9.17. The molecule has 2 aliphatic rings. The van der Waals surface area contributed by atoms with Crippen LogP contribution in [-0.4, -0.2) is 12.6 Å². The van der Waals surface area contributed by atoms with Crippen molar-refractivity contribution in [2.24, 2.45) is 5.92 Å². The van der Waals surface area contributed by atoms with Crippen molar-refractivity contribution in [2.45, 2.75) is 31.7 Å². The SMILES string of the molecule is CCCOC(=O)c1ccc2c(c1)C1C=CCC1C(c1ccc(Cl)cc1)N2. The normalized spacial score (nSPS) is 23.1. The molecule has 1 aliphatic carbocycles. The van der Waals surface area contributed by atoms with E-state index in [9.17, 15) is 4.79 Å². The quantitative estimate of drug-likeness (QED) is 0.553. The minimum Gasteiger partial charge on any atom is -0.462 e. The van der Waals surface area contributed by atoms with Gasteiger partial charge in [-0.1, -0.05) is 42.8 Å². The number of fused-ring (bicyclic) bond motifs is 3. The molecule has 2 aromatic rings. The molecule has 1 aliphatic heterocycles. The summed E-state index contributed by atoms with van der Waals surface area (Å²) in [5.41, 5.74) is 4.14. The van der Waals surface area contributed by atoms with Gasteiger partial charge in [-0.05, 0) is 60.2 Å². The minimum atomic E-state index is -0.243. The molecule has 0 amide bonds. The Hall–Kier alpha value is -2.26. The molecule has 0 spiro atoms. The van der Waals surface area contributed by atoms with Gasteiger partial charge in [0, 0.05) is 16.6 Å². The van der Waals surface area contributed by atoms with Gasteiger partial charge in [0.15, 0.2) is 0 Å². The van der Waals surface area contributed by atoms with Crippen LogP contribution in [0, 0.1) is 5.92 Å². The number of esters is 1. The first-order valence-corrected chi connectivity index (χ1v) is 9.55. The van der Waals surface area contributed by atoms with Gasteiger partial charge in [0.1, 0.15) is 0 Å². The topological polar surface area (TPSA) is 38.3 Å². The Morgan fingerprint density at radius 3 is 2.81 bits per heavy atom. The van der Waals surface area contributed by atoms with Crippen molar-refractivity contribution in [3.05, 3.63) is 76.3 Å². The maximum atomic E-state index is 12.2. The molecule has 0 radical (unpaired) electrons. The molecule has 0 aromatic heterocycles. The fourth-order valence-electron chi connectivity index (χ4n) is 4.00. The molecule has 2 aromatic carbocycles. The van der Waals surface area contributed by atoms with E-state index in [1.54, 1.807) is 0 Å². The van der Waals surface area contributed by atoms with E-state index in [0.717, 1.165) is 23.6 Å². The Kier molecular flexibility index (Phi) is 4.73. The summed E-state index contributed by atoms with van der Waals surface area (Å²) in [6, 6.07) is 14.2. The summed E-state index contributed by atoms with van der Waals surface area (Å²) in [4.78, 5) is 12.2. The zero-order chi connectivity index (χ0) is 18.1. The van der Waals surface area contributed by atoms with Crippen LogP contribution in [0.25, 0.3) is 0 Å². The molecular formula is C22H22ClNO2. The molecule has 0 fully saturated rings. The average Bonchev–Trinajstić information content (AvgIpc) is 3.16. The fraction of sp³-hybridized carbons (Fsp3) is 0.318. The monoisotopic (exact) mass is 367 g/mol. The number of allylic oxidation sites excluding steroid dienone is 2. The number of benzene rings is 2. The number of hydrogen-bond donors (Lipinski definition) is 1. The lowest BCUT2D eigenvalue weighted by Gasteiger charge is -2.37. The second-order valence-electron chi connectivity index (χ2n) is 6.97. The molecule has 4 heteroatoms. The first-order chi connectivity index (χ1) is 12.7. The highest BCUT2D eigenvalue weighted by molar-refractivity contribution is 6.30. The third-order valence-corrected chi connectivity index (χ3v) is 5.52. The third-order valence-electron chi connectivity index (χ3n) is 5.26. The van der Waals surface area contributed by atoms with E-state index >= 15 is 0 Å². The summed E-state index contributed by atoms with van der Waals surface area (Å²) in [5.74, 6) is 0.504. The molecule has 3 atom stereocenters. The summed E-state index contributed by atoms with van der Waals surface area (Å²) in [6.07, 6.45) is 6.37. The molecule has 3 nitrogen and oxygen atoms in total. The van der Waals surface area contributed by atoms with Gasteiger partial charge < -0.3 is 10.1 Å². The van der Waals surface area contributed by atoms with Crippen LogP contribution in [0.2, 0.25) is 5.02 Å². The zero-order valence-corrected chi connectivity index (χ0v) is 15.5. The Morgan fingerprint density at radius 1 is 1.23 bits per heavy atom. The Labute approximate surface area is 159 Å². The molecular weight excluding hydrogens is 346 g/mol. The van der Waals surface area contributed by atoms with E-state index in [-0.39, 0.29) is 12.0 Å². The second kappa shape index (κ2) is 7.16. The molecule has 0 saturated carbocycles. The van der Waals surface area contributed by atoms with E-state index in [1.807, 2.05) is 37.3 Å². The van der Waals surface area contributed by atoms with Gasteiger partial charge in [-0.15, -0.1) is 0 Å². The van der Waals surface area contributed by atoms with E-state index in [1.165, 1.54) is 11.1 Å². The van der Waals surface area contributed by atoms with Crippen LogP contribution in [0.15, 0.2) is 54.6 Å². The average molecular weight is 368 g/mol. The van der Waals surface area contributed by atoms with Crippen molar-refractivity contribution in [1.29, 1.82) is 0 Å². The van der Waals surface area contributed by atoms with Crippen molar-refractivity contribution in [3.63, 3.8) is 0 Å². The number of hydrogen-bond acceptors (Lipinski definition) is 3. The van der Waals surface area contributed by atoms with Crippen LogP contribution in [0.5, 0.6) is 0 Å². The highest BCUT2D eigenvalue weighted by atomic mass is 35.5. The van der Waals surface area contributed by atoms with E-state index in [2.05, 4.69) is 29.6 Å². The van der Waals surface area contributed by atoms with Crippen LogP contribution in [0.1, 0.15) is 53.2 Å². The standard InChI is InChI=1S/C22H22ClNO2/c1-2-12-26-22(25)15-8-11-20-19(13-15)17-4-3-5-18(17)21(24-20)14-6-9-16(23)10-7-14/h3-4,6-11,13,17-18,21,24H,2,5,12H2,1H3. The van der Waals surface area contributed by atoms with E-state index < -0.39 is 0 Å². The number of nitrogens with one attached hydrogen (secondary N) is 1. The largest absolute Gasteiger partial charge is 0.462 e. The number of halogens is 1. The lowest BCUT2D eigenvalue weighted by atomic mass is 9.76. The van der Waals surface area contributed by atoms with Crippen LogP contribution in [-0.2, 0) is 4.74 Å². The van der Waals surface area contributed by atoms with Crippen LogP contribution < -0.4 is 5.32 Å². The fourth-order valence-corrected chi connectivity index (χ4v) is 4.13. The van der Waals surface area contributed by atoms with Gasteiger partial charge in [0.2, 0.25) is 0 Å². The lowest BCUT2D eigenvalue weighted by molar-refractivity contribution is 0.0505. The van der Waals surface area contributed by atoms with Crippen LogP contribution in [0.4, 0.5) is 5.69 Å². The van der Waals surface area contributed by atoms with Crippen molar-refractivity contribution >= 4 is 23.3 Å². The molecule has 1 heterocycles. The van der Waals surface area contributed by atoms with Gasteiger partial charge in [-0.25, -0.2) is 4.79 Å². The zero-order valence-electron chi connectivity index (χ0n) is 14.7. The van der Waals surface area contributed by atoms with Gasteiger partial charge in [0.25, 0.3) is 0 Å². The Morgan fingerprint density at radius 2 is 2.04 bits per heavy atom. The summed E-state index contributed by atoms with van der Waals surface area (Å²) in [7, 11) is 0. The molecule has 0 saturated heterocycles. The predicted molar refractivity (Wildman–Crippen MR) is 105 cm³/mol. The van der Waals surface area contributed by atoms with E-state index in [0.29, 0.717) is 24.0 Å². The Balaban J connectivity index is 1.66. The van der Waals surface area contributed by atoms with Gasteiger partial charge in [-0.3, -0.25) is 0 Å². The molecule has 4 rings (SSSR count). The maximum Gasteiger partial charge on any atom is 0.338 e. The summed E-state index contributed by atoms with van der Waals surface area (Å²) < 4.78 is 5.29. The first kappa shape index (κ1) is 17.2. The van der Waals surface area contributed by atoms with Crippen molar-refractivity contribution in [3.8, 4) is 0 Å². The van der Waals surface area contributed by atoms with Crippen molar-refractivity contribution < 1.29 is 9.53 Å². The molecule has 1 N–H and O–H groups in total. The van der Waals surface area contributed by atoms with E-state index in [4.69, 9.17) is 16.3 Å². The highest BCUT2D eigenvalue weighted by Crippen LogP contribution is 2.50. The van der Waals surface area contributed by atoms with Crippen LogP contribution >= 0.6 is 11.6 Å². The van der Waals surface area contributed by atoms with Gasteiger partial charge >= 0.3 is 5.97 Å². The number of carbonyl (C=O) groups excluding carboxylic acids is 1. The van der Waals surface area contributed by atoms with Gasteiger partial charge in [-0.2, -0.15) is 0 Å². The lowest BCUT2D eigenvalue weighted by Crippen LogP contribution is -2.29. The number of ether oxygens (including phenoxy) is 1. The molecule has 3 unspecified atom stereocenters. The number of anilines is 1. The van der Waals surface area contributed by atoms with Gasteiger partial charge in [0.05, 0.1) is 18.2 Å². The summed E-state index contributed by atoms with van der Waals surface area (Å²) in [6.45, 7) is 2.45. The van der Waals surface area contributed by atoms with Crippen molar-refractivity contribution in [1.82, 2.24) is 0 Å². The summed E-state index contributed by atoms with van der Waals surface area (Å²) >= 11 is 6.05. The Bertz CT molecular complexity index is 844. The van der Waals surface area contributed by atoms with Crippen LogP contribution in [0.3, 0.4) is 0 Å².